The summed E-state index contributed by atoms with van der Waals surface area (Å²) >= 11 is 0. The maximum atomic E-state index is 14.5. The molecule has 6 nitrogen and oxygen atoms in total. The van der Waals surface area contributed by atoms with E-state index >= 15 is 0 Å². The number of aromatic hydroxyl groups is 2. The lowest BCUT2D eigenvalue weighted by Gasteiger charge is -2.45. The molecule has 0 fully saturated rings. The average Bonchev–Trinajstić information content (AvgIpc) is 3.24. The fourth-order valence-corrected chi connectivity index (χ4v) is 9.90. The van der Waals surface area contributed by atoms with Crippen molar-refractivity contribution < 1.29 is 30.0 Å². The minimum Gasteiger partial charge on any atom is -0.508 e. The second-order valence-electron chi connectivity index (χ2n) is 17.9. The topological polar surface area (TPSA) is 115 Å². The molecule has 3 aromatic rings. The number of benzene rings is 3. The number of carbonyl (C=O) groups is 2. The number of phenolic OH excluding ortho intramolecular Hbond substituents is 2. The van der Waals surface area contributed by atoms with Gasteiger partial charge in [-0.2, -0.15) is 0 Å². The highest BCUT2D eigenvalue weighted by Gasteiger charge is 2.54. The Morgan fingerprint density at radius 3 is 1.40 bits per heavy atom. The van der Waals surface area contributed by atoms with Gasteiger partial charge >= 0.3 is 11.9 Å². The summed E-state index contributed by atoms with van der Waals surface area (Å²) in [6, 6.07) is 20.2. The highest BCUT2D eigenvalue weighted by molar-refractivity contribution is 5.88. The van der Waals surface area contributed by atoms with Crippen molar-refractivity contribution in [2.75, 3.05) is 0 Å². The first-order valence-electron chi connectivity index (χ1n) is 24.3. The SMILES string of the molecule is CCCCCCCCCCCCC(C(=O)O)C(CCCCC)C(CCCCCCCCCCCC)(C(=O)O)C(C)c1cccc(-c2ccc(O)cc2)c1-c1ccc(O)cc1. The van der Waals surface area contributed by atoms with Crippen molar-refractivity contribution >= 4 is 11.9 Å². The summed E-state index contributed by atoms with van der Waals surface area (Å²) in [5, 5.41) is 43.5. The van der Waals surface area contributed by atoms with Crippen LogP contribution in [0.2, 0.25) is 0 Å². The van der Waals surface area contributed by atoms with Gasteiger partial charge in [-0.25, -0.2) is 0 Å². The van der Waals surface area contributed by atoms with Gasteiger partial charge in [-0.3, -0.25) is 9.59 Å². The van der Waals surface area contributed by atoms with Crippen molar-refractivity contribution in [3.63, 3.8) is 0 Å². The van der Waals surface area contributed by atoms with Crippen molar-refractivity contribution in [3.05, 3.63) is 72.3 Å². The van der Waals surface area contributed by atoms with E-state index in [9.17, 15) is 30.0 Å². The molecule has 334 valence electrons. The lowest BCUT2D eigenvalue weighted by molar-refractivity contribution is -0.162. The van der Waals surface area contributed by atoms with Crippen molar-refractivity contribution in [1.82, 2.24) is 0 Å². The normalized spacial score (nSPS) is 14.1. The third kappa shape index (κ3) is 15.9. The van der Waals surface area contributed by atoms with E-state index in [2.05, 4.69) is 20.8 Å². The molecule has 0 radical (unpaired) electrons. The molecule has 0 aliphatic carbocycles. The number of rotatable bonds is 34. The first kappa shape index (κ1) is 50.6. The van der Waals surface area contributed by atoms with Crippen molar-refractivity contribution in [1.29, 1.82) is 0 Å². The Balaban J connectivity index is 2.09. The van der Waals surface area contributed by atoms with Gasteiger partial charge in [-0.15, -0.1) is 0 Å². The van der Waals surface area contributed by atoms with Crippen LogP contribution in [0.5, 0.6) is 11.5 Å². The molecule has 0 aliphatic rings. The molecule has 3 aromatic carbocycles. The minimum absolute atomic E-state index is 0.142. The van der Waals surface area contributed by atoms with Gasteiger partial charge in [0.05, 0.1) is 11.3 Å². The Morgan fingerprint density at radius 2 is 0.933 bits per heavy atom. The van der Waals surface area contributed by atoms with Crippen molar-refractivity contribution in [2.24, 2.45) is 17.3 Å². The molecular weight excluding hydrogens is 745 g/mol. The third-order valence-corrected chi connectivity index (χ3v) is 13.5. The maximum Gasteiger partial charge on any atom is 0.310 e. The highest BCUT2D eigenvalue weighted by atomic mass is 16.4. The molecule has 4 atom stereocenters. The minimum atomic E-state index is -1.34. The summed E-state index contributed by atoms with van der Waals surface area (Å²) < 4.78 is 0. The Bertz CT molecular complexity index is 1610. The second kappa shape index (κ2) is 28.7. The van der Waals surface area contributed by atoms with Crippen LogP contribution in [-0.4, -0.2) is 32.4 Å². The zero-order valence-electron chi connectivity index (χ0n) is 38.1. The average molecular weight is 827 g/mol. The number of carboxylic acid groups (broad SMARTS) is 2. The lowest BCUT2D eigenvalue weighted by atomic mass is 9.56. The monoisotopic (exact) mass is 827 g/mol. The fourth-order valence-electron chi connectivity index (χ4n) is 9.90. The van der Waals surface area contributed by atoms with E-state index in [-0.39, 0.29) is 11.5 Å². The molecule has 4 unspecified atom stereocenters. The number of hydrogen-bond donors (Lipinski definition) is 4. The molecule has 0 aromatic heterocycles. The highest BCUT2D eigenvalue weighted by Crippen LogP contribution is 2.54. The summed E-state index contributed by atoms with van der Waals surface area (Å²) in [6.45, 7) is 8.66. The van der Waals surface area contributed by atoms with E-state index < -0.39 is 35.1 Å². The maximum absolute atomic E-state index is 14.5. The lowest BCUT2D eigenvalue weighted by Crippen LogP contribution is -2.48. The van der Waals surface area contributed by atoms with Crippen LogP contribution >= 0.6 is 0 Å². The largest absolute Gasteiger partial charge is 0.508 e. The number of carboxylic acids is 2. The molecule has 0 amide bonds. The Labute approximate surface area is 364 Å². The van der Waals surface area contributed by atoms with Gasteiger partial charge in [0.25, 0.3) is 0 Å². The summed E-state index contributed by atoms with van der Waals surface area (Å²) in [5.41, 5.74) is 3.02. The fraction of sp³-hybridized carbons (Fsp3) is 0.630. The quantitative estimate of drug-likeness (QED) is 0.0446. The summed E-state index contributed by atoms with van der Waals surface area (Å²) in [5.74, 6) is -3.32. The summed E-state index contributed by atoms with van der Waals surface area (Å²) in [4.78, 5) is 28.1. The van der Waals surface area contributed by atoms with Crippen LogP contribution in [0.3, 0.4) is 0 Å². The van der Waals surface area contributed by atoms with E-state index in [0.29, 0.717) is 19.3 Å². The smallest absolute Gasteiger partial charge is 0.310 e. The standard InChI is InChI=1S/C54H82O6/c1-5-8-11-13-15-17-19-21-23-26-29-49(52(57)58)50(32-25-10-7-3)54(53(59)60,41-27-24-22-20-18-16-14-12-9-6-2)42(4)47-30-28-31-48(43-33-37-45(55)38-34-43)51(47)44-35-39-46(56)40-36-44/h28,30-31,33-40,42,49-50,55-56H,5-27,29,32,41H2,1-4H3,(H,57,58)(H,59,60). The molecule has 60 heavy (non-hydrogen) atoms. The van der Waals surface area contributed by atoms with Crippen LogP contribution in [-0.2, 0) is 9.59 Å². The van der Waals surface area contributed by atoms with Gasteiger partial charge in [0.15, 0.2) is 0 Å². The van der Waals surface area contributed by atoms with Gasteiger partial charge in [0.2, 0.25) is 0 Å². The van der Waals surface area contributed by atoms with E-state index in [4.69, 9.17) is 0 Å². The molecule has 0 bridgehead atoms. The Hall–Kier alpha value is -3.80. The van der Waals surface area contributed by atoms with Gasteiger partial charge < -0.3 is 20.4 Å². The zero-order chi connectivity index (χ0) is 43.6. The van der Waals surface area contributed by atoms with Crippen LogP contribution in [0.15, 0.2) is 66.7 Å². The number of aliphatic carboxylic acids is 2. The van der Waals surface area contributed by atoms with Crippen LogP contribution < -0.4 is 0 Å². The predicted octanol–water partition coefficient (Wildman–Crippen LogP) is 16.1. The molecule has 0 spiro atoms. The van der Waals surface area contributed by atoms with Crippen LogP contribution in [0.1, 0.15) is 206 Å². The third-order valence-electron chi connectivity index (χ3n) is 13.5. The molecular formula is C54H82O6. The van der Waals surface area contributed by atoms with Gasteiger partial charge in [0, 0.05) is 0 Å². The van der Waals surface area contributed by atoms with Crippen LogP contribution in [0.4, 0.5) is 0 Å². The van der Waals surface area contributed by atoms with E-state index in [1.807, 2.05) is 49.4 Å². The van der Waals surface area contributed by atoms with E-state index in [0.717, 1.165) is 98.4 Å². The van der Waals surface area contributed by atoms with E-state index in [1.165, 1.54) is 77.0 Å². The van der Waals surface area contributed by atoms with Crippen molar-refractivity contribution in [3.8, 4) is 33.8 Å². The van der Waals surface area contributed by atoms with Crippen LogP contribution in [0.25, 0.3) is 22.3 Å². The molecule has 6 heteroatoms. The second-order valence-corrected chi connectivity index (χ2v) is 17.9. The number of unbranched alkanes of at least 4 members (excludes halogenated alkanes) is 20. The van der Waals surface area contributed by atoms with Crippen LogP contribution in [0, 0.1) is 17.3 Å². The van der Waals surface area contributed by atoms with Gasteiger partial charge in [0.1, 0.15) is 11.5 Å². The van der Waals surface area contributed by atoms with Gasteiger partial charge in [-0.05, 0) is 83.2 Å². The first-order chi connectivity index (χ1) is 29.1. The number of hydrogen-bond acceptors (Lipinski definition) is 4. The molecule has 0 saturated heterocycles. The van der Waals surface area contributed by atoms with Gasteiger partial charge in [-0.1, -0.05) is 218 Å². The molecule has 0 heterocycles. The molecule has 0 saturated carbocycles. The first-order valence-corrected chi connectivity index (χ1v) is 24.3. The summed E-state index contributed by atoms with van der Waals surface area (Å²) in [7, 11) is 0. The molecule has 0 aliphatic heterocycles. The van der Waals surface area contributed by atoms with E-state index in [1.54, 1.807) is 24.3 Å². The molecule has 4 N–H and O–H groups in total. The molecule has 3 rings (SSSR count). The Morgan fingerprint density at radius 1 is 0.517 bits per heavy atom. The zero-order valence-corrected chi connectivity index (χ0v) is 38.1. The predicted molar refractivity (Wildman–Crippen MR) is 251 cm³/mol. The number of phenols is 2. The van der Waals surface area contributed by atoms with Crippen molar-refractivity contribution in [2.45, 2.75) is 201 Å². The Kier molecular flexibility index (Phi) is 24.2. The summed E-state index contributed by atoms with van der Waals surface area (Å²) in [6.07, 6.45) is 27.1.